The van der Waals surface area contributed by atoms with Crippen LogP contribution in [0.15, 0.2) is 54.6 Å². The monoisotopic (exact) mass is 576 g/mol. The van der Waals surface area contributed by atoms with Gasteiger partial charge >= 0.3 is 57.5 Å². The van der Waals surface area contributed by atoms with Crippen molar-refractivity contribution in [3.63, 3.8) is 0 Å². The number of hydrogen-bond donors (Lipinski definition) is 1. The summed E-state index contributed by atoms with van der Waals surface area (Å²) in [7, 11) is -4.35. The molecule has 196 valence electrons. The number of ether oxygens (including phenoxy) is 2. The zero-order chi connectivity index (χ0) is 26.0. The van der Waals surface area contributed by atoms with Crippen molar-refractivity contribution in [2.45, 2.75) is 25.7 Å². The molecule has 0 heterocycles. The molecular weight excluding hydrogens is 547 g/mol. The van der Waals surface area contributed by atoms with Gasteiger partial charge in [0.15, 0.2) is 0 Å². The first kappa shape index (κ1) is 32.2. The molecule has 0 aromatic heterocycles. The van der Waals surface area contributed by atoms with Crippen LogP contribution in [-0.2, 0) is 24.4 Å². The van der Waals surface area contributed by atoms with E-state index in [-0.39, 0.29) is 70.5 Å². The molecule has 0 unspecified atom stereocenters. The van der Waals surface area contributed by atoms with Gasteiger partial charge in [-0.15, -0.1) is 0 Å². The van der Waals surface area contributed by atoms with Crippen molar-refractivity contribution in [1.29, 1.82) is 0 Å². The number of halogens is 1. The normalized spacial score (nSPS) is 17.4. The molecule has 0 aliphatic heterocycles. The molecule has 9 nitrogen and oxygen atoms in total. The molecule has 2 aromatic rings. The van der Waals surface area contributed by atoms with E-state index in [4.69, 9.17) is 21.1 Å². The van der Waals surface area contributed by atoms with Crippen molar-refractivity contribution in [1.82, 2.24) is 5.32 Å². The fourth-order valence-corrected chi connectivity index (χ4v) is 4.51. The summed E-state index contributed by atoms with van der Waals surface area (Å²) in [6.07, 6.45) is 3.07. The summed E-state index contributed by atoms with van der Waals surface area (Å²) >= 11 is 6.00. The van der Waals surface area contributed by atoms with E-state index in [9.17, 15) is 22.6 Å². The molecular formula is C25H30ClKN2O7S. The zero-order valence-electron chi connectivity index (χ0n) is 20.8. The van der Waals surface area contributed by atoms with Crippen LogP contribution < -0.4 is 61.6 Å². The molecule has 1 aliphatic rings. The van der Waals surface area contributed by atoms with E-state index in [0.717, 1.165) is 25.7 Å². The van der Waals surface area contributed by atoms with Crippen LogP contribution in [0.1, 0.15) is 25.7 Å². The Kier molecular flexibility index (Phi) is 14.1. The maximum atomic E-state index is 13.0. The van der Waals surface area contributed by atoms with Crippen molar-refractivity contribution in [3.05, 3.63) is 59.6 Å². The number of para-hydroxylation sites is 1. The van der Waals surface area contributed by atoms with Crippen LogP contribution in [0.2, 0.25) is 5.02 Å². The van der Waals surface area contributed by atoms with E-state index in [1.807, 2.05) is 30.3 Å². The SMILES string of the molecule is O=C(COCC1CCC(COC(=O)N(c2ccccc2)c2ccc(Cl)cc2)CC1)NCCS(=O)(=O)[O-].[K+]. The molecule has 0 spiro atoms. The maximum absolute atomic E-state index is 13.0. The van der Waals surface area contributed by atoms with Crippen molar-refractivity contribution < 1.29 is 83.4 Å². The van der Waals surface area contributed by atoms with Crippen molar-refractivity contribution in [2.75, 3.05) is 37.0 Å². The van der Waals surface area contributed by atoms with Crippen molar-refractivity contribution in [2.24, 2.45) is 11.8 Å². The van der Waals surface area contributed by atoms with Crippen molar-refractivity contribution in [3.8, 4) is 0 Å². The Morgan fingerprint density at radius 2 is 1.51 bits per heavy atom. The molecule has 1 aliphatic carbocycles. The second kappa shape index (κ2) is 16.2. The number of carbonyl (C=O) groups excluding carboxylic acids is 2. The second-order valence-electron chi connectivity index (χ2n) is 8.74. The van der Waals surface area contributed by atoms with Gasteiger partial charge < -0.3 is 19.3 Å². The number of benzene rings is 2. The number of rotatable bonds is 11. The summed E-state index contributed by atoms with van der Waals surface area (Å²) in [6, 6.07) is 16.3. The van der Waals surface area contributed by atoms with Crippen LogP contribution in [0.5, 0.6) is 0 Å². The van der Waals surface area contributed by atoms with Gasteiger partial charge in [0.1, 0.15) is 6.61 Å². The maximum Gasteiger partial charge on any atom is 1.00 e. The molecule has 1 fully saturated rings. The number of carbonyl (C=O) groups is 2. The van der Waals surface area contributed by atoms with Gasteiger partial charge in [0.2, 0.25) is 5.91 Å². The molecule has 0 saturated heterocycles. The van der Waals surface area contributed by atoms with Gasteiger partial charge in [-0.25, -0.2) is 18.1 Å². The number of nitrogens with one attached hydrogen (secondary N) is 1. The summed E-state index contributed by atoms with van der Waals surface area (Å²) in [4.78, 5) is 26.2. The Hall–Kier alpha value is -1.02. The van der Waals surface area contributed by atoms with Gasteiger partial charge in [-0.2, -0.15) is 0 Å². The third-order valence-electron chi connectivity index (χ3n) is 5.95. The van der Waals surface area contributed by atoms with Crippen LogP contribution in [0.3, 0.4) is 0 Å². The van der Waals surface area contributed by atoms with Crippen LogP contribution >= 0.6 is 11.6 Å². The fraction of sp³-hybridized carbons (Fsp3) is 0.440. The van der Waals surface area contributed by atoms with E-state index in [1.54, 1.807) is 24.3 Å². The Bertz CT molecular complexity index is 1100. The van der Waals surface area contributed by atoms with Gasteiger partial charge in [0.05, 0.1) is 40.5 Å². The average Bonchev–Trinajstić information content (AvgIpc) is 2.85. The Morgan fingerprint density at radius 3 is 2.11 bits per heavy atom. The second-order valence-corrected chi connectivity index (χ2v) is 10.7. The molecule has 12 heteroatoms. The van der Waals surface area contributed by atoms with E-state index >= 15 is 0 Å². The Balaban J connectivity index is 0.00000481. The minimum atomic E-state index is -4.35. The minimum Gasteiger partial charge on any atom is -0.748 e. The summed E-state index contributed by atoms with van der Waals surface area (Å²) in [5.41, 5.74) is 1.36. The number of amides is 2. The molecule has 0 atom stereocenters. The summed E-state index contributed by atoms with van der Waals surface area (Å²) in [6.45, 7) is 0.320. The third kappa shape index (κ3) is 11.7. The topological polar surface area (TPSA) is 125 Å². The first-order valence-corrected chi connectivity index (χ1v) is 13.7. The first-order valence-electron chi connectivity index (χ1n) is 11.8. The number of nitrogens with zero attached hydrogens (tertiary/aromatic N) is 1. The number of hydrogen-bond acceptors (Lipinski definition) is 7. The third-order valence-corrected chi connectivity index (χ3v) is 6.91. The quantitative estimate of drug-likeness (QED) is 0.314. The summed E-state index contributed by atoms with van der Waals surface area (Å²) in [5, 5.41) is 2.92. The van der Waals surface area contributed by atoms with E-state index < -0.39 is 27.9 Å². The van der Waals surface area contributed by atoms with Gasteiger partial charge in [-0.1, -0.05) is 29.8 Å². The average molecular weight is 577 g/mol. The molecule has 1 saturated carbocycles. The largest absolute Gasteiger partial charge is 1.00 e. The van der Waals surface area contributed by atoms with Crippen molar-refractivity contribution >= 4 is 45.1 Å². The van der Waals surface area contributed by atoms with Crippen LogP contribution in [0.4, 0.5) is 16.2 Å². The van der Waals surface area contributed by atoms with Gasteiger partial charge in [-0.05, 0) is 73.9 Å². The molecule has 0 bridgehead atoms. The first-order chi connectivity index (χ1) is 17.2. The molecule has 2 amide bonds. The van der Waals surface area contributed by atoms with Gasteiger partial charge in [0, 0.05) is 11.6 Å². The van der Waals surface area contributed by atoms with E-state index in [0.29, 0.717) is 35.5 Å². The Labute approximate surface area is 265 Å². The summed E-state index contributed by atoms with van der Waals surface area (Å²) < 4.78 is 42.8. The molecule has 2 aromatic carbocycles. The van der Waals surface area contributed by atoms with E-state index in [1.165, 1.54) is 4.90 Å². The standard InChI is InChI=1S/C25H31ClN2O7S.K/c26-21-10-12-23(13-11-21)28(22-4-2-1-3-5-22)25(30)35-17-20-8-6-19(7-9-20)16-34-18-24(29)27-14-15-36(31,32)33;/h1-5,10-13,19-20H,6-9,14-18H2,(H,27,29)(H,31,32,33);/q;+1/p-1. The zero-order valence-corrected chi connectivity index (χ0v) is 25.5. The minimum absolute atomic E-state index is 0. The molecule has 0 radical (unpaired) electrons. The van der Waals surface area contributed by atoms with E-state index in [2.05, 4.69) is 5.32 Å². The summed E-state index contributed by atoms with van der Waals surface area (Å²) in [5.74, 6) is -0.564. The van der Waals surface area contributed by atoms with Crippen LogP contribution in [0.25, 0.3) is 0 Å². The van der Waals surface area contributed by atoms with Crippen LogP contribution in [0, 0.1) is 11.8 Å². The molecule has 1 N–H and O–H groups in total. The van der Waals surface area contributed by atoms with Gasteiger partial charge in [-0.3, -0.25) is 4.79 Å². The molecule has 3 rings (SSSR count). The Morgan fingerprint density at radius 1 is 0.946 bits per heavy atom. The number of anilines is 2. The van der Waals surface area contributed by atoms with Crippen LogP contribution in [-0.4, -0.2) is 57.1 Å². The predicted molar refractivity (Wildman–Crippen MR) is 135 cm³/mol. The van der Waals surface area contributed by atoms with Gasteiger partial charge in [0.25, 0.3) is 0 Å². The predicted octanol–water partition coefficient (Wildman–Crippen LogP) is 1.10. The smallest absolute Gasteiger partial charge is 0.748 e. The molecule has 37 heavy (non-hydrogen) atoms. The fourth-order valence-electron chi connectivity index (χ4n) is 4.03.